The van der Waals surface area contributed by atoms with Gasteiger partial charge in [0, 0.05) is 0 Å². The molecule has 1 heterocycles. The molecule has 2 rings (SSSR count). The second-order valence-corrected chi connectivity index (χ2v) is 5.39. The zero-order valence-electron chi connectivity index (χ0n) is 11.3. The van der Waals surface area contributed by atoms with Gasteiger partial charge in [0.05, 0.1) is 11.8 Å². The number of carbonyl (C=O) groups excluding carboxylic acids is 3. The number of aliphatic carboxylic acids is 1. The van der Waals surface area contributed by atoms with Crippen molar-refractivity contribution in [2.75, 3.05) is 6.54 Å². The summed E-state index contributed by atoms with van der Waals surface area (Å²) in [6.07, 6.45) is 3.24. The van der Waals surface area contributed by atoms with Gasteiger partial charge in [-0.05, 0) is 19.8 Å². The van der Waals surface area contributed by atoms with E-state index in [9.17, 15) is 19.2 Å². The van der Waals surface area contributed by atoms with Crippen LogP contribution in [0.3, 0.4) is 0 Å². The average Bonchev–Trinajstić information content (AvgIpc) is 2.64. The highest BCUT2D eigenvalue weighted by molar-refractivity contribution is 6.07. The molecule has 2 fully saturated rings. The van der Waals surface area contributed by atoms with Crippen molar-refractivity contribution < 1.29 is 24.3 Å². The van der Waals surface area contributed by atoms with Crippen molar-refractivity contribution in [1.82, 2.24) is 10.2 Å². The van der Waals surface area contributed by atoms with E-state index in [-0.39, 0.29) is 30.2 Å². The van der Waals surface area contributed by atoms with Crippen molar-refractivity contribution in [3.63, 3.8) is 0 Å². The number of fused-ring (bicyclic) bond motifs is 1. The van der Waals surface area contributed by atoms with Crippen LogP contribution < -0.4 is 5.32 Å². The molecule has 1 saturated carbocycles. The normalized spacial score (nSPS) is 27.1. The Bertz CT molecular complexity index is 438. The predicted molar refractivity (Wildman–Crippen MR) is 67.4 cm³/mol. The molecule has 1 aliphatic heterocycles. The lowest BCUT2D eigenvalue weighted by molar-refractivity contribution is -0.144. The van der Waals surface area contributed by atoms with Gasteiger partial charge in [-0.25, -0.2) is 0 Å². The van der Waals surface area contributed by atoms with E-state index in [1.165, 1.54) is 6.92 Å². The lowest BCUT2D eigenvalue weighted by Crippen LogP contribution is -2.46. The summed E-state index contributed by atoms with van der Waals surface area (Å²) in [5, 5.41) is 10.9. The van der Waals surface area contributed by atoms with Gasteiger partial charge in [0.1, 0.15) is 12.6 Å². The Hall–Kier alpha value is -1.92. The third-order valence-electron chi connectivity index (χ3n) is 3.98. The van der Waals surface area contributed by atoms with Gasteiger partial charge in [0.2, 0.25) is 17.7 Å². The summed E-state index contributed by atoms with van der Waals surface area (Å²) in [6.45, 7) is 0.940. The van der Waals surface area contributed by atoms with E-state index in [1.54, 1.807) is 0 Å². The van der Waals surface area contributed by atoms with Crippen LogP contribution in [0.1, 0.15) is 32.6 Å². The van der Waals surface area contributed by atoms with Crippen LogP contribution in [-0.2, 0) is 19.2 Å². The average molecular weight is 282 g/mol. The molecule has 110 valence electrons. The number of amides is 3. The van der Waals surface area contributed by atoms with Crippen LogP contribution in [0.15, 0.2) is 0 Å². The monoisotopic (exact) mass is 282 g/mol. The van der Waals surface area contributed by atoms with Gasteiger partial charge in [0.25, 0.3) is 0 Å². The summed E-state index contributed by atoms with van der Waals surface area (Å²) in [4.78, 5) is 47.5. The Morgan fingerprint density at radius 1 is 1.25 bits per heavy atom. The minimum Gasteiger partial charge on any atom is -0.480 e. The Labute approximate surface area is 116 Å². The Balaban J connectivity index is 1.99. The van der Waals surface area contributed by atoms with E-state index in [0.29, 0.717) is 12.8 Å². The van der Waals surface area contributed by atoms with Gasteiger partial charge >= 0.3 is 5.97 Å². The molecule has 0 radical (unpaired) electrons. The third kappa shape index (κ3) is 2.66. The smallest absolute Gasteiger partial charge is 0.325 e. The molecule has 1 aliphatic carbocycles. The largest absolute Gasteiger partial charge is 0.480 e. The van der Waals surface area contributed by atoms with E-state index in [1.807, 2.05) is 0 Å². The van der Waals surface area contributed by atoms with Crippen LogP contribution >= 0.6 is 0 Å². The first-order valence-corrected chi connectivity index (χ1v) is 6.79. The first kappa shape index (κ1) is 14.5. The molecule has 0 spiro atoms. The van der Waals surface area contributed by atoms with Gasteiger partial charge in [0.15, 0.2) is 0 Å². The summed E-state index contributed by atoms with van der Waals surface area (Å²) in [5.74, 6) is -2.95. The fourth-order valence-electron chi connectivity index (χ4n) is 2.88. The zero-order chi connectivity index (χ0) is 14.9. The topological polar surface area (TPSA) is 104 Å². The molecular formula is C13H18N2O5. The minimum atomic E-state index is -1.16. The molecule has 2 N–H and O–H groups in total. The van der Waals surface area contributed by atoms with Crippen molar-refractivity contribution in [2.45, 2.75) is 38.6 Å². The maximum Gasteiger partial charge on any atom is 0.325 e. The molecule has 20 heavy (non-hydrogen) atoms. The summed E-state index contributed by atoms with van der Waals surface area (Å²) >= 11 is 0. The SMILES string of the molecule is CC(NC(=O)CN1C(=O)C2CCCCC2C1=O)C(=O)O. The molecule has 1 saturated heterocycles. The van der Waals surface area contributed by atoms with Crippen molar-refractivity contribution in [1.29, 1.82) is 0 Å². The molecule has 0 aromatic rings. The van der Waals surface area contributed by atoms with E-state index < -0.39 is 17.9 Å². The summed E-state index contributed by atoms with van der Waals surface area (Å²) < 4.78 is 0. The lowest BCUT2D eigenvalue weighted by Gasteiger charge is -2.19. The van der Waals surface area contributed by atoms with E-state index in [4.69, 9.17) is 5.11 Å². The molecule has 7 nitrogen and oxygen atoms in total. The van der Waals surface area contributed by atoms with Crippen molar-refractivity contribution in [3.05, 3.63) is 0 Å². The molecule has 3 unspecified atom stereocenters. The van der Waals surface area contributed by atoms with E-state index >= 15 is 0 Å². The fraction of sp³-hybridized carbons (Fsp3) is 0.692. The molecule has 3 amide bonds. The first-order valence-electron chi connectivity index (χ1n) is 6.79. The molecule has 0 aromatic heterocycles. The standard InChI is InChI=1S/C13H18N2O5/c1-7(13(19)20)14-10(16)6-15-11(17)8-4-2-3-5-9(8)12(15)18/h7-9H,2-6H2,1H3,(H,14,16)(H,19,20). The van der Waals surface area contributed by atoms with Crippen LogP contribution in [-0.4, -0.2) is 46.3 Å². The van der Waals surface area contributed by atoms with E-state index in [2.05, 4.69) is 5.32 Å². The number of carbonyl (C=O) groups is 4. The summed E-state index contributed by atoms with van der Waals surface area (Å²) in [7, 11) is 0. The Morgan fingerprint density at radius 3 is 2.20 bits per heavy atom. The number of hydrogen-bond acceptors (Lipinski definition) is 4. The summed E-state index contributed by atoms with van der Waals surface area (Å²) in [6, 6.07) is -1.04. The number of rotatable bonds is 4. The maximum atomic E-state index is 12.1. The number of carboxylic acid groups (broad SMARTS) is 1. The van der Waals surface area contributed by atoms with Crippen molar-refractivity contribution >= 4 is 23.7 Å². The highest BCUT2D eigenvalue weighted by atomic mass is 16.4. The van der Waals surface area contributed by atoms with Gasteiger partial charge in [-0.2, -0.15) is 0 Å². The predicted octanol–water partition coefficient (Wildman–Crippen LogP) is -0.249. The summed E-state index contributed by atoms with van der Waals surface area (Å²) in [5.41, 5.74) is 0. The van der Waals surface area contributed by atoms with Crippen LogP contribution in [0.4, 0.5) is 0 Å². The van der Waals surface area contributed by atoms with Crippen molar-refractivity contribution in [3.8, 4) is 0 Å². The van der Waals surface area contributed by atoms with Crippen LogP contribution in [0.2, 0.25) is 0 Å². The van der Waals surface area contributed by atoms with Gasteiger partial charge in [-0.15, -0.1) is 0 Å². The van der Waals surface area contributed by atoms with Gasteiger partial charge in [-0.1, -0.05) is 12.8 Å². The van der Waals surface area contributed by atoms with Crippen molar-refractivity contribution in [2.24, 2.45) is 11.8 Å². The van der Waals surface area contributed by atoms with Gasteiger partial charge < -0.3 is 10.4 Å². The Kier molecular flexibility index (Phi) is 4.06. The highest BCUT2D eigenvalue weighted by Gasteiger charge is 2.48. The number of carboxylic acids is 1. The van der Waals surface area contributed by atoms with Crippen LogP contribution in [0.25, 0.3) is 0 Å². The number of imide groups is 1. The number of hydrogen-bond donors (Lipinski definition) is 2. The van der Waals surface area contributed by atoms with Gasteiger partial charge in [-0.3, -0.25) is 24.1 Å². The lowest BCUT2D eigenvalue weighted by atomic mass is 9.81. The second-order valence-electron chi connectivity index (χ2n) is 5.39. The number of likely N-dealkylation sites (tertiary alicyclic amines) is 1. The highest BCUT2D eigenvalue weighted by Crippen LogP contribution is 2.37. The molecule has 0 bridgehead atoms. The number of nitrogens with zero attached hydrogens (tertiary/aromatic N) is 1. The third-order valence-corrected chi connectivity index (χ3v) is 3.98. The quantitative estimate of drug-likeness (QED) is 0.692. The van der Waals surface area contributed by atoms with E-state index in [0.717, 1.165) is 17.7 Å². The van der Waals surface area contributed by atoms with Crippen LogP contribution in [0, 0.1) is 11.8 Å². The molecular weight excluding hydrogens is 264 g/mol. The minimum absolute atomic E-state index is 0.291. The number of nitrogens with one attached hydrogen (secondary N) is 1. The zero-order valence-corrected chi connectivity index (χ0v) is 11.3. The molecule has 2 aliphatic rings. The molecule has 0 aromatic carbocycles. The maximum absolute atomic E-state index is 12.1. The second kappa shape index (κ2) is 5.60. The first-order chi connectivity index (χ1) is 9.41. The Morgan fingerprint density at radius 2 is 1.75 bits per heavy atom. The molecule has 7 heteroatoms. The van der Waals surface area contributed by atoms with Crippen LogP contribution in [0.5, 0.6) is 0 Å². The molecule has 3 atom stereocenters. The fourth-order valence-corrected chi connectivity index (χ4v) is 2.88.